The molecule has 2 N–H and O–H groups in total. The molecule has 0 saturated heterocycles. The molecule has 4 nitrogen and oxygen atoms in total. The van der Waals surface area contributed by atoms with Gasteiger partial charge in [0.2, 0.25) is 10.0 Å². The molecular weight excluding hydrogens is 274 g/mol. The van der Waals surface area contributed by atoms with Crippen LogP contribution in [0.25, 0.3) is 0 Å². The number of hydrogen-bond donors (Lipinski definition) is 2. The zero-order chi connectivity index (χ0) is 15.0. The quantitative estimate of drug-likeness (QED) is 0.846. The van der Waals surface area contributed by atoms with Crippen LogP contribution in [-0.4, -0.2) is 20.1 Å². The van der Waals surface area contributed by atoms with Crippen molar-refractivity contribution in [3.05, 3.63) is 28.8 Å². The van der Waals surface area contributed by atoms with Crippen molar-refractivity contribution in [2.45, 2.75) is 51.5 Å². The van der Waals surface area contributed by atoms with E-state index in [1.54, 1.807) is 13.0 Å². The highest BCUT2D eigenvalue weighted by Crippen LogP contribution is 2.48. The summed E-state index contributed by atoms with van der Waals surface area (Å²) in [5.74, 6) is 0. The van der Waals surface area contributed by atoms with Crippen molar-refractivity contribution < 1.29 is 13.5 Å². The Morgan fingerprint density at radius 1 is 1.30 bits per heavy atom. The maximum Gasteiger partial charge on any atom is 0.240 e. The normalized spacial score (nSPS) is 17.2. The van der Waals surface area contributed by atoms with E-state index < -0.39 is 10.0 Å². The van der Waals surface area contributed by atoms with Crippen molar-refractivity contribution in [3.8, 4) is 0 Å². The summed E-state index contributed by atoms with van der Waals surface area (Å²) in [6, 6.07) is 3.39. The van der Waals surface area contributed by atoms with Crippen molar-refractivity contribution in [1.29, 1.82) is 0 Å². The Balaban J connectivity index is 2.27. The molecule has 0 heterocycles. The van der Waals surface area contributed by atoms with Gasteiger partial charge in [-0.25, -0.2) is 13.1 Å². The predicted molar refractivity (Wildman–Crippen MR) is 79.0 cm³/mol. The Bertz CT molecular complexity index is 604. The van der Waals surface area contributed by atoms with Gasteiger partial charge in [0, 0.05) is 6.54 Å². The van der Waals surface area contributed by atoms with E-state index in [1.807, 2.05) is 13.0 Å². The summed E-state index contributed by atoms with van der Waals surface area (Å²) in [4.78, 5) is 0.286. The van der Waals surface area contributed by atoms with E-state index >= 15 is 0 Å². The van der Waals surface area contributed by atoms with E-state index in [4.69, 9.17) is 0 Å². The molecule has 0 spiro atoms. The predicted octanol–water partition coefficient (Wildman–Crippen LogP) is 2.26. The fourth-order valence-electron chi connectivity index (χ4n) is 2.43. The third-order valence-corrected chi connectivity index (χ3v) is 6.02. The third kappa shape index (κ3) is 3.05. The lowest BCUT2D eigenvalue weighted by atomic mass is 10.1. The number of aryl methyl sites for hydroxylation is 1. The average Bonchev–Trinajstić information content (AvgIpc) is 3.20. The minimum Gasteiger partial charge on any atom is -0.392 e. The molecule has 1 saturated carbocycles. The number of aliphatic hydroxyl groups is 1. The van der Waals surface area contributed by atoms with E-state index in [1.165, 1.54) is 0 Å². The van der Waals surface area contributed by atoms with Crippen LogP contribution >= 0.6 is 0 Å². The Labute approximate surface area is 121 Å². The minimum atomic E-state index is -3.51. The molecule has 1 aromatic carbocycles. The van der Waals surface area contributed by atoms with Crippen LogP contribution in [0.15, 0.2) is 17.0 Å². The molecule has 5 heteroatoms. The summed E-state index contributed by atoms with van der Waals surface area (Å²) in [6.45, 7) is 6.12. The monoisotopic (exact) mass is 297 g/mol. The van der Waals surface area contributed by atoms with Crippen molar-refractivity contribution in [2.24, 2.45) is 5.41 Å². The second-order valence-electron chi connectivity index (χ2n) is 5.87. The summed E-state index contributed by atoms with van der Waals surface area (Å²) < 4.78 is 27.7. The first-order chi connectivity index (χ1) is 9.33. The van der Waals surface area contributed by atoms with Crippen LogP contribution in [0.5, 0.6) is 0 Å². The van der Waals surface area contributed by atoms with Crippen LogP contribution in [-0.2, 0) is 16.6 Å². The smallest absolute Gasteiger partial charge is 0.240 e. The lowest BCUT2D eigenvalue weighted by Crippen LogP contribution is -2.30. The Kier molecular flexibility index (Phi) is 4.23. The Hall–Kier alpha value is -0.910. The number of benzene rings is 1. The molecule has 112 valence electrons. The van der Waals surface area contributed by atoms with Gasteiger partial charge < -0.3 is 5.11 Å². The van der Waals surface area contributed by atoms with Crippen LogP contribution in [0.4, 0.5) is 0 Å². The van der Waals surface area contributed by atoms with Gasteiger partial charge in [0.25, 0.3) is 0 Å². The summed E-state index contributed by atoms with van der Waals surface area (Å²) in [5.41, 5.74) is 2.43. The highest BCUT2D eigenvalue weighted by molar-refractivity contribution is 7.89. The van der Waals surface area contributed by atoms with Gasteiger partial charge in [0.15, 0.2) is 0 Å². The molecule has 0 radical (unpaired) electrons. The molecular formula is C15H23NO3S. The first-order valence-corrected chi connectivity index (χ1v) is 8.52. The van der Waals surface area contributed by atoms with Gasteiger partial charge in [0.1, 0.15) is 0 Å². The molecule has 1 aliphatic rings. The molecule has 2 rings (SSSR count). The number of hydrogen-bond acceptors (Lipinski definition) is 3. The van der Waals surface area contributed by atoms with Crippen molar-refractivity contribution in [1.82, 2.24) is 4.72 Å². The molecule has 0 amide bonds. The summed E-state index contributed by atoms with van der Waals surface area (Å²) in [5, 5.41) is 9.24. The van der Waals surface area contributed by atoms with E-state index in [9.17, 15) is 13.5 Å². The highest BCUT2D eigenvalue weighted by atomic mass is 32.2. The third-order valence-electron chi connectivity index (χ3n) is 4.50. The first kappa shape index (κ1) is 15.5. The molecule has 0 aliphatic heterocycles. The zero-order valence-electron chi connectivity index (χ0n) is 12.4. The average molecular weight is 297 g/mol. The molecule has 20 heavy (non-hydrogen) atoms. The second kappa shape index (κ2) is 5.47. The van der Waals surface area contributed by atoms with Gasteiger partial charge in [0.05, 0.1) is 11.5 Å². The number of sulfonamides is 1. The maximum absolute atomic E-state index is 12.5. The topological polar surface area (TPSA) is 66.4 Å². The van der Waals surface area contributed by atoms with Gasteiger partial charge in [-0.15, -0.1) is 0 Å². The lowest BCUT2D eigenvalue weighted by molar-refractivity contribution is 0.281. The number of nitrogens with one attached hydrogen (secondary N) is 1. The van der Waals surface area contributed by atoms with Gasteiger partial charge in [-0.1, -0.05) is 13.0 Å². The first-order valence-electron chi connectivity index (χ1n) is 7.04. The highest BCUT2D eigenvalue weighted by Gasteiger charge is 2.41. The van der Waals surface area contributed by atoms with E-state index in [-0.39, 0.29) is 16.9 Å². The van der Waals surface area contributed by atoms with Crippen LogP contribution in [0.2, 0.25) is 0 Å². The van der Waals surface area contributed by atoms with Gasteiger partial charge in [-0.3, -0.25) is 0 Å². The van der Waals surface area contributed by atoms with Crippen molar-refractivity contribution in [2.75, 3.05) is 6.54 Å². The molecule has 0 unspecified atom stereocenters. The molecule has 1 aromatic rings. The number of aliphatic hydroxyl groups excluding tert-OH is 1. The molecule has 1 fully saturated rings. The number of rotatable bonds is 6. The van der Waals surface area contributed by atoms with Crippen LogP contribution in [0.1, 0.15) is 42.9 Å². The van der Waals surface area contributed by atoms with Crippen LogP contribution in [0.3, 0.4) is 0 Å². The Morgan fingerprint density at radius 2 is 1.95 bits per heavy atom. The fraction of sp³-hybridized carbons (Fsp3) is 0.600. The lowest BCUT2D eigenvalue weighted by Gasteiger charge is -2.16. The molecule has 0 bridgehead atoms. The Morgan fingerprint density at radius 3 is 2.45 bits per heavy atom. The minimum absolute atomic E-state index is 0.150. The SMILES string of the molecule is CCC1(CNS(=O)(=O)c2cc(CO)cc(C)c2C)CC1. The maximum atomic E-state index is 12.5. The van der Waals surface area contributed by atoms with E-state index in [2.05, 4.69) is 11.6 Å². The fourth-order valence-corrected chi connectivity index (χ4v) is 3.95. The van der Waals surface area contributed by atoms with Crippen molar-refractivity contribution in [3.63, 3.8) is 0 Å². The molecule has 0 atom stereocenters. The zero-order valence-corrected chi connectivity index (χ0v) is 13.2. The second-order valence-corrected chi connectivity index (χ2v) is 7.61. The van der Waals surface area contributed by atoms with E-state index in [0.29, 0.717) is 12.1 Å². The van der Waals surface area contributed by atoms with Crippen LogP contribution < -0.4 is 4.72 Å². The molecule has 1 aliphatic carbocycles. The van der Waals surface area contributed by atoms with E-state index in [0.717, 1.165) is 30.4 Å². The van der Waals surface area contributed by atoms with Crippen molar-refractivity contribution >= 4 is 10.0 Å². The van der Waals surface area contributed by atoms with Gasteiger partial charge >= 0.3 is 0 Å². The van der Waals surface area contributed by atoms with Crippen LogP contribution in [0, 0.1) is 19.3 Å². The van der Waals surface area contributed by atoms with Gasteiger partial charge in [-0.2, -0.15) is 0 Å². The standard InChI is InChI=1S/C15H23NO3S/c1-4-15(5-6-15)10-16-20(18,19)14-8-13(9-17)7-11(2)12(14)3/h7-8,16-17H,4-6,9-10H2,1-3H3. The largest absolute Gasteiger partial charge is 0.392 e. The summed E-state index contributed by atoms with van der Waals surface area (Å²) in [6.07, 6.45) is 3.20. The summed E-state index contributed by atoms with van der Waals surface area (Å²) in [7, 11) is -3.51. The molecule has 0 aromatic heterocycles. The summed E-state index contributed by atoms with van der Waals surface area (Å²) >= 11 is 0. The van der Waals surface area contributed by atoms with Gasteiger partial charge in [-0.05, 0) is 61.3 Å².